The van der Waals surface area contributed by atoms with Gasteiger partial charge in [0.05, 0.1) is 0 Å². The minimum atomic E-state index is 0.338. The quantitative estimate of drug-likeness (QED) is 0.648. The second kappa shape index (κ2) is 6.06. The molecule has 0 amide bonds. The molecule has 0 aliphatic carbocycles. The van der Waals surface area contributed by atoms with Gasteiger partial charge in [-0.3, -0.25) is 0 Å². The van der Waals surface area contributed by atoms with E-state index in [4.69, 9.17) is 0 Å². The van der Waals surface area contributed by atoms with Crippen molar-refractivity contribution < 1.29 is 5.11 Å². The Balaban J connectivity index is 2.18. The Morgan fingerprint density at radius 3 is 2.05 bits per heavy atom. The fraction of sp³-hybridized carbons (Fsp3) is 0.0526. The van der Waals surface area contributed by atoms with E-state index in [0.717, 1.165) is 27.1 Å². The van der Waals surface area contributed by atoms with Crippen molar-refractivity contribution in [3.63, 3.8) is 0 Å². The number of hydrogen-bond acceptors (Lipinski definition) is 2. The lowest BCUT2D eigenvalue weighted by atomic mass is 9.97. The van der Waals surface area contributed by atoms with Gasteiger partial charge in [-0.25, -0.2) is 0 Å². The molecule has 21 heavy (non-hydrogen) atoms. The third-order valence-corrected chi connectivity index (χ3v) is 4.31. The van der Waals surface area contributed by atoms with E-state index in [-0.39, 0.29) is 0 Å². The third-order valence-electron chi connectivity index (χ3n) is 3.52. The van der Waals surface area contributed by atoms with Crippen LogP contribution in [0.3, 0.4) is 0 Å². The van der Waals surface area contributed by atoms with Crippen LogP contribution >= 0.6 is 11.8 Å². The summed E-state index contributed by atoms with van der Waals surface area (Å²) in [6.07, 6.45) is 2.05. The number of rotatable bonds is 3. The number of aromatic hydroxyl groups is 1. The Morgan fingerprint density at radius 1 is 0.667 bits per heavy atom. The van der Waals surface area contributed by atoms with Crippen LogP contribution < -0.4 is 0 Å². The molecule has 1 N–H and O–H groups in total. The summed E-state index contributed by atoms with van der Waals surface area (Å²) in [6.45, 7) is 0. The van der Waals surface area contributed by atoms with Crippen LogP contribution in [-0.2, 0) is 0 Å². The van der Waals surface area contributed by atoms with Gasteiger partial charge in [-0.15, -0.1) is 11.8 Å². The first-order chi connectivity index (χ1) is 10.3. The van der Waals surface area contributed by atoms with Crippen LogP contribution in [0.15, 0.2) is 77.7 Å². The molecule has 3 aromatic carbocycles. The highest BCUT2D eigenvalue weighted by Gasteiger charge is 2.12. The van der Waals surface area contributed by atoms with E-state index in [9.17, 15) is 5.11 Å². The molecule has 0 saturated carbocycles. The Hall–Kier alpha value is -2.19. The topological polar surface area (TPSA) is 20.2 Å². The van der Waals surface area contributed by atoms with Crippen LogP contribution in [-0.4, -0.2) is 11.4 Å². The molecule has 104 valence electrons. The summed E-state index contributed by atoms with van der Waals surface area (Å²) >= 11 is 1.69. The molecule has 0 saturated heterocycles. The average Bonchev–Trinajstić information content (AvgIpc) is 2.56. The number of phenolic OH excluding ortho intramolecular Hbond substituents is 1. The van der Waals surface area contributed by atoms with Crippen molar-refractivity contribution >= 4 is 11.8 Å². The fourth-order valence-corrected chi connectivity index (χ4v) is 3.09. The Kier molecular flexibility index (Phi) is 3.98. The van der Waals surface area contributed by atoms with Crippen molar-refractivity contribution in [1.82, 2.24) is 0 Å². The van der Waals surface area contributed by atoms with Gasteiger partial charge in [0.25, 0.3) is 0 Å². The molecule has 0 spiro atoms. The second-order valence-corrected chi connectivity index (χ2v) is 5.62. The van der Waals surface area contributed by atoms with Crippen molar-refractivity contribution in [2.75, 3.05) is 6.26 Å². The van der Waals surface area contributed by atoms with Gasteiger partial charge in [0, 0.05) is 16.0 Å². The molecule has 0 fully saturated rings. The molecule has 3 aromatic rings. The summed E-state index contributed by atoms with van der Waals surface area (Å²) in [6, 6.07) is 24.0. The molecule has 0 atom stereocenters. The van der Waals surface area contributed by atoms with Crippen molar-refractivity contribution in [3.05, 3.63) is 72.8 Å². The molecule has 0 aromatic heterocycles. The Bertz CT molecular complexity index is 751. The minimum absolute atomic E-state index is 0.338. The molecule has 1 nitrogen and oxygen atoms in total. The molecule has 0 unspecified atom stereocenters. The van der Waals surface area contributed by atoms with Crippen molar-refractivity contribution in [1.29, 1.82) is 0 Å². The van der Waals surface area contributed by atoms with E-state index in [1.807, 2.05) is 60.7 Å². The lowest BCUT2D eigenvalue weighted by molar-refractivity contribution is 0.479. The first-order valence-electron chi connectivity index (χ1n) is 6.82. The minimum Gasteiger partial charge on any atom is -0.507 e. The standard InChI is InChI=1S/C19H16OS/c1-21-18-13-6-5-10-16(18)17-12-7-11-15(19(17)20)14-8-3-2-4-9-14/h2-13,20H,1H3. The maximum absolute atomic E-state index is 10.7. The maximum Gasteiger partial charge on any atom is 0.131 e. The third kappa shape index (κ3) is 2.67. The van der Waals surface area contributed by atoms with Crippen LogP contribution in [0.5, 0.6) is 5.75 Å². The van der Waals surface area contributed by atoms with Gasteiger partial charge in [-0.05, 0) is 23.4 Å². The molecule has 3 rings (SSSR count). The molecule has 0 bridgehead atoms. The van der Waals surface area contributed by atoms with E-state index >= 15 is 0 Å². The lowest BCUT2D eigenvalue weighted by Crippen LogP contribution is -1.86. The number of hydrogen-bond donors (Lipinski definition) is 1. The predicted molar refractivity (Wildman–Crippen MR) is 90.8 cm³/mol. The van der Waals surface area contributed by atoms with E-state index in [1.54, 1.807) is 11.8 Å². The number of phenols is 1. The van der Waals surface area contributed by atoms with Gasteiger partial charge in [-0.2, -0.15) is 0 Å². The predicted octanol–water partition coefficient (Wildman–Crippen LogP) is 5.45. The van der Waals surface area contributed by atoms with Gasteiger partial charge in [0.15, 0.2) is 0 Å². The highest BCUT2D eigenvalue weighted by Crippen LogP contribution is 2.40. The zero-order valence-corrected chi connectivity index (χ0v) is 12.6. The second-order valence-electron chi connectivity index (χ2n) is 4.77. The van der Waals surface area contributed by atoms with Crippen molar-refractivity contribution in [2.24, 2.45) is 0 Å². The maximum atomic E-state index is 10.7. The molecule has 0 radical (unpaired) electrons. The lowest BCUT2D eigenvalue weighted by Gasteiger charge is -2.12. The van der Waals surface area contributed by atoms with Crippen LogP contribution in [0.2, 0.25) is 0 Å². The van der Waals surface area contributed by atoms with Gasteiger partial charge >= 0.3 is 0 Å². The Labute approximate surface area is 129 Å². The number of para-hydroxylation sites is 1. The summed E-state index contributed by atoms with van der Waals surface area (Å²) in [5, 5.41) is 10.7. The van der Waals surface area contributed by atoms with E-state index in [2.05, 4.69) is 18.4 Å². The molecular formula is C19H16OS. The average molecular weight is 292 g/mol. The highest BCUT2D eigenvalue weighted by atomic mass is 32.2. The zero-order valence-electron chi connectivity index (χ0n) is 11.8. The first-order valence-corrected chi connectivity index (χ1v) is 8.04. The largest absolute Gasteiger partial charge is 0.507 e. The molecular weight excluding hydrogens is 276 g/mol. The van der Waals surface area contributed by atoms with Gasteiger partial charge in [0.2, 0.25) is 0 Å². The SMILES string of the molecule is CSc1ccccc1-c1cccc(-c2ccccc2)c1O. The smallest absolute Gasteiger partial charge is 0.131 e. The van der Waals surface area contributed by atoms with Crippen LogP contribution in [0, 0.1) is 0 Å². The molecule has 2 heteroatoms. The van der Waals surface area contributed by atoms with E-state index < -0.39 is 0 Å². The van der Waals surface area contributed by atoms with Crippen LogP contribution in [0.25, 0.3) is 22.3 Å². The fourth-order valence-electron chi connectivity index (χ4n) is 2.48. The molecule has 0 aliphatic heterocycles. The summed E-state index contributed by atoms with van der Waals surface area (Å²) in [5.41, 5.74) is 3.84. The van der Waals surface area contributed by atoms with Crippen molar-refractivity contribution in [3.8, 4) is 28.0 Å². The summed E-state index contributed by atoms with van der Waals surface area (Å²) in [7, 11) is 0. The van der Waals surface area contributed by atoms with E-state index in [1.165, 1.54) is 0 Å². The summed E-state index contributed by atoms with van der Waals surface area (Å²) in [5.74, 6) is 0.338. The van der Waals surface area contributed by atoms with Gasteiger partial charge < -0.3 is 5.11 Å². The monoisotopic (exact) mass is 292 g/mol. The number of benzene rings is 3. The number of thioether (sulfide) groups is 1. The van der Waals surface area contributed by atoms with E-state index in [0.29, 0.717) is 5.75 Å². The Morgan fingerprint density at radius 2 is 1.29 bits per heavy atom. The normalized spacial score (nSPS) is 10.5. The molecule has 0 aliphatic rings. The summed E-state index contributed by atoms with van der Waals surface area (Å²) in [4.78, 5) is 1.16. The molecule has 0 heterocycles. The zero-order chi connectivity index (χ0) is 14.7. The van der Waals surface area contributed by atoms with Crippen LogP contribution in [0.1, 0.15) is 0 Å². The van der Waals surface area contributed by atoms with Gasteiger partial charge in [0.1, 0.15) is 5.75 Å². The highest BCUT2D eigenvalue weighted by molar-refractivity contribution is 7.98. The van der Waals surface area contributed by atoms with Gasteiger partial charge in [-0.1, -0.05) is 66.7 Å². The summed E-state index contributed by atoms with van der Waals surface area (Å²) < 4.78 is 0. The van der Waals surface area contributed by atoms with Crippen LogP contribution in [0.4, 0.5) is 0 Å². The van der Waals surface area contributed by atoms with Crippen molar-refractivity contribution in [2.45, 2.75) is 4.90 Å². The first kappa shape index (κ1) is 13.8.